The molecule has 0 spiro atoms. The topological polar surface area (TPSA) is 9.23 Å². The lowest BCUT2D eigenvalue weighted by Crippen LogP contribution is -2.54. The first kappa shape index (κ1) is 49.1. The molecule has 2 heteroatoms. The molecule has 7 aliphatic rings. The molecule has 12 unspecified atom stereocenters. The molecule has 0 radical (unpaired) electrons. The van der Waals surface area contributed by atoms with Gasteiger partial charge in [0.1, 0.15) is 0 Å². The zero-order valence-corrected chi connectivity index (χ0v) is 44.6. The van der Waals surface area contributed by atoms with Gasteiger partial charge in [0.05, 0.1) is 13.7 Å². The highest BCUT2D eigenvalue weighted by Gasteiger charge is 2.66. The zero-order valence-electron chi connectivity index (χ0n) is 43.6. The summed E-state index contributed by atoms with van der Waals surface area (Å²) in [5.41, 5.74) is 4.27. The van der Waals surface area contributed by atoms with Crippen molar-refractivity contribution >= 4 is 8.07 Å². The molecule has 0 aromatic rings. The van der Waals surface area contributed by atoms with Gasteiger partial charge in [0.25, 0.3) is 0 Å². The van der Waals surface area contributed by atoms with Crippen molar-refractivity contribution in [2.75, 3.05) is 6.61 Å². The van der Waals surface area contributed by atoms with Crippen molar-refractivity contribution in [2.45, 2.75) is 272 Å². The van der Waals surface area contributed by atoms with E-state index in [1.807, 2.05) is 0 Å². The SMILES string of the molecule is CC(C)C1CC2C(C3CCC(C(C)(C)C)CC3)CCCC2C1[Si](C)(C1CCCCC1)C1C(C)C(CCCCCCOC(C)(C)C)C2C(C3CCC(C(C)(C)C)CC3)CCCC21. The molecule has 0 aromatic heterocycles. The molecule has 61 heavy (non-hydrogen) atoms. The van der Waals surface area contributed by atoms with Crippen LogP contribution in [-0.2, 0) is 4.74 Å². The molecule has 7 aliphatic carbocycles. The molecule has 0 bridgehead atoms. The molecule has 354 valence electrons. The van der Waals surface area contributed by atoms with Gasteiger partial charge in [-0.1, -0.05) is 146 Å². The molecule has 12 atom stereocenters. The summed E-state index contributed by atoms with van der Waals surface area (Å²) in [6, 6.07) is 0. The Balaban J connectivity index is 1.20. The highest BCUT2D eigenvalue weighted by atomic mass is 28.3. The number of rotatable bonds is 13. The molecule has 7 rings (SSSR count). The largest absolute Gasteiger partial charge is 0.376 e. The van der Waals surface area contributed by atoms with Crippen molar-refractivity contribution in [1.29, 1.82) is 0 Å². The van der Waals surface area contributed by atoms with Gasteiger partial charge in [-0.2, -0.15) is 0 Å². The molecule has 0 N–H and O–H groups in total. The summed E-state index contributed by atoms with van der Waals surface area (Å²) in [6.45, 7) is 34.5. The van der Waals surface area contributed by atoms with Gasteiger partial charge < -0.3 is 4.74 Å². The van der Waals surface area contributed by atoms with Crippen LogP contribution in [0.15, 0.2) is 0 Å². The second kappa shape index (κ2) is 20.2. The van der Waals surface area contributed by atoms with E-state index in [0.717, 1.165) is 106 Å². The Morgan fingerprint density at radius 1 is 0.525 bits per heavy atom. The van der Waals surface area contributed by atoms with Crippen molar-refractivity contribution < 1.29 is 4.74 Å². The van der Waals surface area contributed by atoms with Gasteiger partial charge in [-0.15, -0.1) is 0 Å². The van der Waals surface area contributed by atoms with Crippen LogP contribution in [0.3, 0.4) is 0 Å². The summed E-state index contributed by atoms with van der Waals surface area (Å²) >= 11 is 0. The zero-order chi connectivity index (χ0) is 43.9. The van der Waals surface area contributed by atoms with E-state index in [0.29, 0.717) is 10.8 Å². The van der Waals surface area contributed by atoms with E-state index in [1.54, 1.807) is 103 Å². The molecule has 0 amide bonds. The lowest BCUT2D eigenvalue weighted by molar-refractivity contribution is -0.00484. The van der Waals surface area contributed by atoms with Crippen LogP contribution >= 0.6 is 0 Å². The summed E-state index contributed by atoms with van der Waals surface area (Å²) in [5, 5.41) is 0. The minimum atomic E-state index is -1.76. The second-order valence-electron chi connectivity index (χ2n) is 28.3. The van der Waals surface area contributed by atoms with Crippen LogP contribution in [0.1, 0.15) is 244 Å². The summed E-state index contributed by atoms with van der Waals surface area (Å²) in [4.78, 5) is 0. The highest BCUT2D eigenvalue weighted by molar-refractivity contribution is 6.83. The number of hydrogen-bond donors (Lipinski definition) is 0. The molecule has 7 fully saturated rings. The Morgan fingerprint density at radius 2 is 1.05 bits per heavy atom. The predicted octanol–water partition coefficient (Wildman–Crippen LogP) is 18.6. The van der Waals surface area contributed by atoms with Gasteiger partial charge in [-0.25, -0.2) is 0 Å². The van der Waals surface area contributed by atoms with Crippen LogP contribution in [0, 0.1) is 93.7 Å². The molecule has 7 saturated carbocycles. The van der Waals surface area contributed by atoms with Crippen LogP contribution in [0.25, 0.3) is 0 Å². The minimum Gasteiger partial charge on any atom is -0.376 e. The van der Waals surface area contributed by atoms with E-state index in [2.05, 4.69) is 89.6 Å². The Hall–Kier alpha value is 0.177. The van der Waals surface area contributed by atoms with Gasteiger partial charge in [-0.05, 0) is 215 Å². The quantitative estimate of drug-likeness (QED) is 0.132. The van der Waals surface area contributed by atoms with E-state index >= 15 is 0 Å². The van der Waals surface area contributed by atoms with Gasteiger partial charge in [0.2, 0.25) is 0 Å². The van der Waals surface area contributed by atoms with Gasteiger partial charge in [0, 0.05) is 6.61 Å². The molecule has 1 nitrogen and oxygen atoms in total. The number of hydrogen-bond acceptors (Lipinski definition) is 1. The molecule has 0 aliphatic heterocycles. The number of fused-ring (bicyclic) bond motifs is 2. The number of ether oxygens (including phenoxy) is 1. The maximum absolute atomic E-state index is 6.19. The summed E-state index contributed by atoms with van der Waals surface area (Å²) in [5.74, 6) is 14.1. The fourth-order valence-electron chi connectivity index (χ4n) is 19.0. The van der Waals surface area contributed by atoms with Crippen molar-refractivity contribution in [2.24, 2.45) is 93.7 Å². The first-order valence-corrected chi connectivity index (χ1v) is 31.2. The molecular weight excluding hydrogens is 753 g/mol. The van der Waals surface area contributed by atoms with Crippen molar-refractivity contribution in [3.05, 3.63) is 0 Å². The first-order chi connectivity index (χ1) is 28.8. The van der Waals surface area contributed by atoms with Gasteiger partial charge in [0.15, 0.2) is 0 Å². The van der Waals surface area contributed by atoms with E-state index < -0.39 is 8.07 Å². The maximum Gasteiger partial charge on any atom is 0.0609 e. The minimum absolute atomic E-state index is 0.00174. The van der Waals surface area contributed by atoms with Crippen LogP contribution in [0.5, 0.6) is 0 Å². The second-order valence-corrected chi connectivity index (χ2v) is 33.2. The monoisotopic (exact) mass is 861 g/mol. The predicted molar refractivity (Wildman–Crippen MR) is 269 cm³/mol. The summed E-state index contributed by atoms with van der Waals surface area (Å²) in [6.07, 6.45) is 38.3. The lowest BCUT2D eigenvalue weighted by atomic mass is 9.60. The smallest absolute Gasteiger partial charge is 0.0609 e. The summed E-state index contributed by atoms with van der Waals surface area (Å²) in [7, 11) is -1.76. The Morgan fingerprint density at radius 3 is 1.61 bits per heavy atom. The Labute approximate surface area is 383 Å². The van der Waals surface area contributed by atoms with E-state index in [-0.39, 0.29) is 5.60 Å². The van der Waals surface area contributed by atoms with Gasteiger partial charge >= 0.3 is 0 Å². The van der Waals surface area contributed by atoms with Crippen molar-refractivity contribution in [3.63, 3.8) is 0 Å². The normalized spacial score (nSPS) is 41.7. The van der Waals surface area contributed by atoms with Crippen LogP contribution < -0.4 is 0 Å². The summed E-state index contributed by atoms with van der Waals surface area (Å²) < 4.78 is 6.19. The van der Waals surface area contributed by atoms with Crippen LogP contribution in [0.4, 0.5) is 0 Å². The average Bonchev–Trinajstić information content (AvgIpc) is 3.76. The Kier molecular flexibility index (Phi) is 16.2. The van der Waals surface area contributed by atoms with E-state index in [9.17, 15) is 0 Å². The fraction of sp³-hybridized carbons (Fsp3) is 1.00. The molecule has 0 aromatic carbocycles. The highest BCUT2D eigenvalue weighted by Crippen LogP contribution is 2.73. The number of unbranched alkanes of at least 4 members (excludes halogenated alkanes) is 3. The van der Waals surface area contributed by atoms with Crippen LogP contribution in [0.2, 0.25) is 23.2 Å². The van der Waals surface area contributed by atoms with Crippen molar-refractivity contribution in [1.82, 2.24) is 0 Å². The van der Waals surface area contributed by atoms with E-state index in [1.165, 1.54) is 57.8 Å². The van der Waals surface area contributed by atoms with E-state index in [4.69, 9.17) is 4.74 Å². The van der Waals surface area contributed by atoms with Crippen molar-refractivity contribution in [3.8, 4) is 0 Å². The third-order valence-electron chi connectivity index (χ3n) is 21.9. The third kappa shape index (κ3) is 10.8. The van der Waals surface area contributed by atoms with Crippen LogP contribution in [-0.4, -0.2) is 20.3 Å². The molecular formula is C59H108OSi. The van der Waals surface area contributed by atoms with Gasteiger partial charge in [-0.3, -0.25) is 0 Å². The first-order valence-electron chi connectivity index (χ1n) is 28.4. The third-order valence-corrected chi connectivity index (χ3v) is 28.9. The fourth-order valence-corrected chi connectivity index (χ4v) is 27.7. The Bertz CT molecular complexity index is 1320. The average molecular weight is 862 g/mol. The molecule has 0 heterocycles. The lowest BCUT2D eigenvalue weighted by Gasteiger charge is -2.56. The maximum atomic E-state index is 6.19. The molecule has 0 saturated heterocycles. The standard InChI is InChI=1S/C59H108OSi/c1-40(2)52-39-53-48(42-30-34-44(35-31-42)57(4,5)6)26-21-28-50(53)56(52)61(13,46-23-17-16-18-24-46)55-41(3)47(25-19-14-15-20-38-60-59(10,11)12)54-49(27-22-29-51(54)55)43-32-36-45(37-33-43)58(7,8)9/h40-56H,14-39H2,1-13H3.